The van der Waals surface area contributed by atoms with Crippen molar-refractivity contribution in [2.24, 2.45) is 0 Å². The van der Waals surface area contributed by atoms with Crippen molar-refractivity contribution in [1.82, 2.24) is 0 Å². The van der Waals surface area contributed by atoms with Crippen molar-refractivity contribution >= 4 is 17.9 Å². The van der Waals surface area contributed by atoms with Crippen LogP contribution in [0.4, 0.5) is 0 Å². The van der Waals surface area contributed by atoms with Gasteiger partial charge in [-0.1, -0.05) is 322 Å². The standard InChI is InChI=1S/C66H126O6/c1-4-7-10-13-16-19-22-24-26-28-29-30-31-32-33-34-35-36-37-38-39-41-42-44-47-50-53-56-59-65(68)71-62-63(61-70-64(67)58-55-52-49-46-21-18-15-12-9-6-3)72-66(69)60-57-54-51-48-45-43-40-27-25-23-20-17-14-11-8-5-2/h27,40,63H,4-26,28-39,41-62H2,1-3H3/b40-27-. The lowest BCUT2D eigenvalue weighted by Crippen LogP contribution is -2.30. The van der Waals surface area contributed by atoms with E-state index in [4.69, 9.17) is 14.2 Å². The molecule has 6 nitrogen and oxygen atoms in total. The third-order valence-corrected chi connectivity index (χ3v) is 15.0. The van der Waals surface area contributed by atoms with Gasteiger partial charge in [-0.15, -0.1) is 0 Å². The second-order valence-electron chi connectivity index (χ2n) is 22.4. The van der Waals surface area contributed by atoms with Gasteiger partial charge in [0.1, 0.15) is 13.2 Å². The number of rotatable bonds is 61. The molecule has 0 saturated heterocycles. The largest absolute Gasteiger partial charge is 0.462 e. The highest BCUT2D eigenvalue weighted by atomic mass is 16.6. The molecule has 0 radical (unpaired) electrons. The zero-order chi connectivity index (χ0) is 52.2. The van der Waals surface area contributed by atoms with Crippen LogP contribution in [0.2, 0.25) is 0 Å². The number of carbonyl (C=O) groups excluding carboxylic acids is 3. The van der Waals surface area contributed by atoms with E-state index in [1.54, 1.807) is 0 Å². The fourth-order valence-corrected chi connectivity index (χ4v) is 10.1. The molecule has 0 amide bonds. The molecule has 0 aliphatic carbocycles. The summed E-state index contributed by atoms with van der Waals surface area (Å²) in [5.74, 6) is -0.850. The summed E-state index contributed by atoms with van der Waals surface area (Å²) in [5.41, 5.74) is 0. The maximum absolute atomic E-state index is 12.9. The topological polar surface area (TPSA) is 78.9 Å². The number of carbonyl (C=O) groups is 3. The summed E-state index contributed by atoms with van der Waals surface area (Å²) in [7, 11) is 0. The van der Waals surface area contributed by atoms with Gasteiger partial charge in [0, 0.05) is 19.3 Å². The van der Waals surface area contributed by atoms with E-state index >= 15 is 0 Å². The van der Waals surface area contributed by atoms with E-state index in [1.807, 2.05) is 0 Å². The van der Waals surface area contributed by atoms with Crippen LogP contribution < -0.4 is 0 Å². The molecule has 0 aromatic heterocycles. The van der Waals surface area contributed by atoms with Gasteiger partial charge in [0.25, 0.3) is 0 Å². The van der Waals surface area contributed by atoms with Gasteiger partial charge in [0.15, 0.2) is 6.10 Å². The minimum Gasteiger partial charge on any atom is -0.462 e. The quantitative estimate of drug-likeness (QED) is 0.0261. The number of hydrogen-bond donors (Lipinski definition) is 0. The van der Waals surface area contributed by atoms with E-state index in [0.717, 1.165) is 64.2 Å². The molecule has 72 heavy (non-hydrogen) atoms. The average molecular weight is 1020 g/mol. The zero-order valence-corrected chi connectivity index (χ0v) is 49.0. The second-order valence-corrected chi connectivity index (χ2v) is 22.4. The van der Waals surface area contributed by atoms with E-state index in [0.29, 0.717) is 19.3 Å². The lowest BCUT2D eigenvalue weighted by Gasteiger charge is -2.18. The van der Waals surface area contributed by atoms with E-state index in [9.17, 15) is 14.4 Å². The van der Waals surface area contributed by atoms with Crippen LogP contribution >= 0.6 is 0 Å². The average Bonchev–Trinajstić information content (AvgIpc) is 3.38. The molecule has 0 heterocycles. The summed E-state index contributed by atoms with van der Waals surface area (Å²) in [5, 5.41) is 0. The fraction of sp³-hybridized carbons (Fsp3) is 0.924. The Morgan fingerprint density at radius 3 is 0.694 bits per heavy atom. The Balaban J connectivity index is 4.10. The predicted octanol–water partition coefficient (Wildman–Crippen LogP) is 22.1. The van der Waals surface area contributed by atoms with Crippen LogP contribution in [0.3, 0.4) is 0 Å². The Bertz CT molecular complexity index is 1120. The first-order chi connectivity index (χ1) is 35.5. The molecule has 0 aromatic rings. The Kier molecular flexibility index (Phi) is 60.1. The van der Waals surface area contributed by atoms with Gasteiger partial charge in [-0.25, -0.2) is 0 Å². The maximum Gasteiger partial charge on any atom is 0.306 e. The molecule has 0 saturated carbocycles. The van der Waals surface area contributed by atoms with Crippen LogP contribution in [0.1, 0.15) is 374 Å². The Labute approximate surface area is 450 Å². The lowest BCUT2D eigenvalue weighted by atomic mass is 10.0. The molecule has 1 atom stereocenters. The summed E-state index contributed by atoms with van der Waals surface area (Å²) in [6.45, 7) is 6.69. The smallest absolute Gasteiger partial charge is 0.306 e. The van der Waals surface area contributed by atoms with Gasteiger partial charge >= 0.3 is 17.9 Å². The lowest BCUT2D eigenvalue weighted by molar-refractivity contribution is -0.167. The molecule has 0 bridgehead atoms. The number of allylic oxidation sites excluding steroid dienone is 2. The first kappa shape index (κ1) is 70.1. The Morgan fingerprint density at radius 2 is 0.458 bits per heavy atom. The third kappa shape index (κ3) is 59.0. The number of unbranched alkanes of at least 4 members (excludes halogenated alkanes) is 48. The highest BCUT2D eigenvalue weighted by molar-refractivity contribution is 5.71. The van der Waals surface area contributed by atoms with Crippen molar-refractivity contribution < 1.29 is 28.6 Å². The van der Waals surface area contributed by atoms with Crippen molar-refractivity contribution in [2.75, 3.05) is 13.2 Å². The monoisotopic (exact) mass is 1010 g/mol. The van der Waals surface area contributed by atoms with E-state index < -0.39 is 6.10 Å². The van der Waals surface area contributed by atoms with Crippen molar-refractivity contribution in [1.29, 1.82) is 0 Å². The Hall–Kier alpha value is -1.85. The first-order valence-corrected chi connectivity index (χ1v) is 32.7. The zero-order valence-electron chi connectivity index (χ0n) is 49.0. The van der Waals surface area contributed by atoms with Crippen molar-refractivity contribution in [3.63, 3.8) is 0 Å². The van der Waals surface area contributed by atoms with Gasteiger partial charge in [-0.3, -0.25) is 14.4 Å². The van der Waals surface area contributed by atoms with Gasteiger partial charge in [-0.05, 0) is 44.9 Å². The second kappa shape index (κ2) is 61.7. The van der Waals surface area contributed by atoms with E-state index in [-0.39, 0.29) is 31.1 Å². The first-order valence-electron chi connectivity index (χ1n) is 32.7. The molecule has 0 N–H and O–H groups in total. The van der Waals surface area contributed by atoms with Gasteiger partial charge in [0.05, 0.1) is 0 Å². The molecular weight excluding hydrogens is 889 g/mol. The highest BCUT2D eigenvalue weighted by Gasteiger charge is 2.19. The van der Waals surface area contributed by atoms with Gasteiger partial charge in [0.2, 0.25) is 0 Å². The summed E-state index contributed by atoms with van der Waals surface area (Å²) in [4.78, 5) is 38.2. The van der Waals surface area contributed by atoms with Gasteiger partial charge in [-0.2, -0.15) is 0 Å². The highest BCUT2D eigenvalue weighted by Crippen LogP contribution is 2.18. The van der Waals surface area contributed by atoms with E-state index in [2.05, 4.69) is 32.9 Å². The van der Waals surface area contributed by atoms with E-state index in [1.165, 1.54) is 270 Å². The van der Waals surface area contributed by atoms with Crippen LogP contribution in [-0.4, -0.2) is 37.2 Å². The number of esters is 3. The minimum absolute atomic E-state index is 0.0673. The summed E-state index contributed by atoms with van der Waals surface area (Å²) >= 11 is 0. The molecule has 0 rings (SSSR count). The van der Waals surface area contributed by atoms with Crippen LogP contribution in [-0.2, 0) is 28.6 Å². The normalized spacial score (nSPS) is 12.0. The van der Waals surface area contributed by atoms with Crippen molar-refractivity contribution in [3.05, 3.63) is 12.2 Å². The third-order valence-electron chi connectivity index (χ3n) is 15.0. The van der Waals surface area contributed by atoms with Crippen LogP contribution in [0, 0.1) is 0 Å². The molecule has 1 unspecified atom stereocenters. The summed E-state index contributed by atoms with van der Waals surface area (Å²) in [6, 6.07) is 0. The molecule has 6 heteroatoms. The van der Waals surface area contributed by atoms with Crippen LogP contribution in [0.15, 0.2) is 12.2 Å². The molecule has 0 aliphatic rings. The van der Waals surface area contributed by atoms with Crippen molar-refractivity contribution in [2.45, 2.75) is 380 Å². The molecule has 0 aliphatic heterocycles. The maximum atomic E-state index is 12.9. The van der Waals surface area contributed by atoms with Crippen molar-refractivity contribution in [3.8, 4) is 0 Å². The number of hydrogen-bond acceptors (Lipinski definition) is 6. The molecule has 0 aromatic carbocycles. The molecular formula is C66H126O6. The number of ether oxygens (including phenoxy) is 3. The fourth-order valence-electron chi connectivity index (χ4n) is 10.1. The molecule has 0 spiro atoms. The van der Waals surface area contributed by atoms with Crippen LogP contribution in [0.5, 0.6) is 0 Å². The SMILES string of the molecule is CCCCCCCCC/C=C\CCCCCCCC(=O)OC(COC(=O)CCCCCCCCCCCC)COC(=O)CCCCCCCCCCCCCCCCCCCCCCCCCCCCCC. The van der Waals surface area contributed by atoms with Gasteiger partial charge < -0.3 is 14.2 Å². The summed E-state index contributed by atoms with van der Waals surface area (Å²) < 4.78 is 16.9. The minimum atomic E-state index is -0.769. The van der Waals surface area contributed by atoms with Crippen LogP contribution in [0.25, 0.3) is 0 Å². The summed E-state index contributed by atoms with van der Waals surface area (Å²) in [6.07, 6.45) is 72.4. The Morgan fingerprint density at radius 1 is 0.264 bits per heavy atom. The predicted molar refractivity (Wildman–Crippen MR) is 312 cm³/mol. The molecule has 0 fully saturated rings. The molecule has 426 valence electrons.